The van der Waals surface area contributed by atoms with Crippen LogP contribution in [0.3, 0.4) is 0 Å². The SMILES string of the molecule is CC(CNCc1cc(C(N)=O)cs1)c1ccccc1. The van der Waals surface area contributed by atoms with Crippen LogP contribution in [0.15, 0.2) is 41.8 Å². The maximum Gasteiger partial charge on any atom is 0.249 e. The zero-order chi connectivity index (χ0) is 13.7. The van der Waals surface area contributed by atoms with Crippen LogP contribution in [0, 0.1) is 0 Å². The highest BCUT2D eigenvalue weighted by Gasteiger charge is 2.06. The van der Waals surface area contributed by atoms with Crippen molar-refractivity contribution < 1.29 is 4.79 Å². The molecule has 1 amide bonds. The smallest absolute Gasteiger partial charge is 0.249 e. The lowest BCUT2D eigenvalue weighted by molar-refractivity contribution is 0.100. The Balaban J connectivity index is 1.81. The lowest BCUT2D eigenvalue weighted by Gasteiger charge is -2.12. The Kier molecular flexibility index (Phi) is 4.71. The fraction of sp³-hybridized carbons (Fsp3) is 0.267. The third-order valence-electron chi connectivity index (χ3n) is 3.06. The molecule has 3 nitrogen and oxygen atoms in total. The molecular formula is C15H18N2OS. The highest BCUT2D eigenvalue weighted by atomic mass is 32.1. The number of hydrogen-bond acceptors (Lipinski definition) is 3. The van der Waals surface area contributed by atoms with Crippen LogP contribution in [-0.2, 0) is 6.54 Å². The van der Waals surface area contributed by atoms with Crippen molar-refractivity contribution in [2.24, 2.45) is 5.73 Å². The molecule has 0 aliphatic carbocycles. The average Bonchev–Trinajstić information content (AvgIpc) is 2.89. The first-order chi connectivity index (χ1) is 9.16. The van der Waals surface area contributed by atoms with E-state index >= 15 is 0 Å². The second-order valence-corrected chi connectivity index (χ2v) is 5.60. The summed E-state index contributed by atoms with van der Waals surface area (Å²) in [5, 5.41) is 5.22. The van der Waals surface area contributed by atoms with Gasteiger partial charge in [0.15, 0.2) is 0 Å². The van der Waals surface area contributed by atoms with Gasteiger partial charge in [0.1, 0.15) is 0 Å². The van der Waals surface area contributed by atoms with Crippen molar-refractivity contribution in [3.63, 3.8) is 0 Å². The van der Waals surface area contributed by atoms with Crippen LogP contribution < -0.4 is 11.1 Å². The van der Waals surface area contributed by atoms with Gasteiger partial charge in [0.25, 0.3) is 0 Å². The Morgan fingerprint density at radius 1 is 1.37 bits per heavy atom. The minimum Gasteiger partial charge on any atom is -0.366 e. The van der Waals surface area contributed by atoms with E-state index in [2.05, 4.69) is 36.5 Å². The molecule has 4 heteroatoms. The maximum atomic E-state index is 11.0. The van der Waals surface area contributed by atoms with Gasteiger partial charge in [-0.05, 0) is 17.5 Å². The molecule has 0 saturated heterocycles. The van der Waals surface area contributed by atoms with Crippen molar-refractivity contribution in [1.29, 1.82) is 0 Å². The number of amides is 1. The van der Waals surface area contributed by atoms with Gasteiger partial charge in [0.05, 0.1) is 5.56 Å². The molecule has 0 fully saturated rings. The predicted octanol–water partition coefficient (Wildman–Crippen LogP) is 2.74. The second kappa shape index (κ2) is 6.50. The molecular weight excluding hydrogens is 256 g/mol. The topological polar surface area (TPSA) is 55.1 Å². The largest absolute Gasteiger partial charge is 0.366 e. The average molecular weight is 274 g/mol. The van der Waals surface area contributed by atoms with E-state index in [4.69, 9.17) is 5.73 Å². The van der Waals surface area contributed by atoms with Gasteiger partial charge in [0.2, 0.25) is 5.91 Å². The fourth-order valence-corrected chi connectivity index (χ4v) is 2.76. The summed E-state index contributed by atoms with van der Waals surface area (Å²) in [6.07, 6.45) is 0. The molecule has 1 atom stereocenters. The van der Waals surface area contributed by atoms with E-state index in [1.165, 1.54) is 5.56 Å². The van der Waals surface area contributed by atoms with Crippen molar-refractivity contribution in [1.82, 2.24) is 5.32 Å². The van der Waals surface area contributed by atoms with Crippen molar-refractivity contribution in [3.8, 4) is 0 Å². The van der Waals surface area contributed by atoms with Crippen molar-refractivity contribution in [2.75, 3.05) is 6.54 Å². The van der Waals surface area contributed by atoms with Gasteiger partial charge in [-0.3, -0.25) is 4.79 Å². The van der Waals surface area contributed by atoms with E-state index in [1.807, 2.05) is 12.1 Å². The van der Waals surface area contributed by atoms with E-state index in [0.717, 1.165) is 18.0 Å². The molecule has 1 heterocycles. The summed E-state index contributed by atoms with van der Waals surface area (Å²) in [5.41, 5.74) is 7.16. The summed E-state index contributed by atoms with van der Waals surface area (Å²) in [6.45, 7) is 3.88. The summed E-state index contributed by atoms with van der Waals surface area (Å²) >= 11 is 1.56. The summed E-state index contributed by atoms with van der Waals surface area (Å²) in [5.74, 6) is 0.108. The predicted molar refractivity (Wildman–Crippen MR) is 79.4 cm³/mol. The molecule has 3 N–H and O–H groups in total. The van der Waals surface area contributed by atoms with E-state index in [1.54, 1.807) is 16.7 Å². The number of primary amides is 1. The second-order valence-electron chi connectivity index (χ2n) is 4.61. The van der Waals surface area contributed by atoms with Crippen LogP contribution in [0.5, 0.6) is 0 Å². The van der Waals surface area contributed by atoms with Crippen molar-refractivity contribution in [3.05, 3.63) is 57.8 Å². The van der Waals surface area contributed by atoms with Gasteiger partial charge in [-0.15, -0.1) is 11.3 Å². The van der Waals surface area contributed by atoms with Gasteiger partial charge >= 0.3 is 0 Å². The van der Waals surface area contributed by atoms with Crippen LogP contribution in [-0.4, -0.2) is 12.5 Å². The van der Waals surface area contributed by atoms with Gasteiger partial charge in [-0.1, -0.05) is 37.3 Å². The zero-order valence-corrected chi connectivity index (χ0v) is 11.7. The lowest BCUT2D eigenvalue weighted by Crippen LogP contribution is -2.19. The Labute approximate surface area is 117 Å². The van der Waals surface area contributed by atoms with E-state index in [-0.39, 0.29) is 5.91 Å². The molecule has 100 valence electrons. The number of carbonyl (C=O) groups excluding carboxylic acids is 1. The minimum atomic E-state index is -0.361. The standard InChI is InChI=1S/C15H18N2OS/c1-11(12-5-3-2-4-6-12)8-17-9-14-7-13(10-19-14)15(16)18/h2-7,10-11,17H,8-9H2,1H3,(H2,16,18). The minimum absolute atomic E-state index is 0.361. The van der Waals surface area contributed by atoms with Crippen LogP contribution >= 0.6 is 11.3 Å². The Morgan fingerprint density at radius 2 is 2.11 bits per heavy atom. The Morgan fingerprint density at radius 3 is 2.74 bits per heavy atom. The van der Waals surface area contributed by atoms with Gasteiger partial charge in [-0.2, -0.15) is 0 Å². The summed E-state index contributed by atoms with van der Waals surface area (Å²) in [7, 11) is 0. The highest BCUT2D eigenvalue weighted by Crippen LogP contribution is 2.16. The van der Waals surface area contributed by atoms with Crippen LogP contribution in [0.25, 0.3) is 0 Å². The Hall–Kier alpha value is -1.65. The van der Waals surface area contributed by atoms with Gasteiger partial charge in [-0.25, -0.2) is 0 Å². The molecule has 1 aromatic heterocycles. The van der Waals surface area contributed by atoms with Crippen LogP contribution in [0.1, 0.15) is 33.6 Å². The number of carbonyl (C=O) groups is 1. The molecule has 1 aromatic carbocycles. The molecule has 0 saturated carbocycles. The lowest BCUT2D eigenvalue weighted by atomic mass is 10.0. The van der Waals surface area contributed by atoms with Crippen molar-refractivity contribution >= 4 is 17.2 Å². The normalized spacial score (nSPS) is 12.3. The fourth-order valence-electron chi connectivity index (χ4n) is 1.91. The molecule has 0 spiro atoms. The first-order valence-corrected chi connectivity index (χ1v) is 7.17. The first kappa shape index (κ1) is 13.8. The maximum absolute atomic E-state index is 11.0. The number of nitrogens with one attached hydrogen (secondary N) is 1. The zero-order valence-electron chi connectivity index (χ0n) is 10.9. The number of thiophene rings is 1. The third-order valence-corrected chi connectivity index (χ3v) is 3.99. The van der Waals surface area contributed by atoms with Gasteiger partial charge < -0.3 is 11.1 Å². The molecule has 0 aliphatic heterocycles. The van der Waals surface area contributed by atoms with Crippen LogP contribution in [0.2, 0.25) is 0 Å². The number of rotatable bonds is 6. The van der Waals surface area contributed by atoms with E-state index in [0.29, 0.717) is 11.5 Å². The monoisotopic (exact) mass is 274 g/mol. The van der Waals surface area contributed by atoms with Crippen LogP contribution in [0.4, 0.5) is 0 Å². The molecule has 19 heavy (non-hydrogen) atoms. The first-order valence-electron chi connectivity index (χ1n) is 6.29. The molecule has 0 aliphatic rings. The quantitative estimate of drug-likeness (QED) is 0.851. The van der Waals surface area contributed by atoms with Gasteiger partial charge in [0, 0.05) is 23.3 Å². The molecule has 2 aromatic rings. The number of nitrogens with two attached hydrogens (primary N) is 1. The molecule has 2 rings (SSSR count). The molecule has 0 radical (unpaired) electrons. The molecule has 1 unspecified atom stereocenters. The van der Waals surface area contributed by atoms with Crippen molar-refractivity contribution in [2.45, 2.75) is 19.4 Å². The molecule has 0 bridgehead atoms. The number of benzene rings is 1. The Bertz CT molecular complexity index is 536. The summed E-state index contributed by atoms with van der Waals surface area (Å²) in [6, 6.07) is 12.3. The van der Waals surface area contributed by atoms with E-state index in [9.17, 15) is 4.79 Å². The summed E-state index contributed by atoms with van der Waals surface area (Å²) in [4.78, 5) is 12.1. The highest BCUT2D eigenvalue weighted by molar-refractivity contribution is 7.10. The summed E-state index contributed by atoms with van der Waals surface area (Å²) < 4.78 is 0. The third kappa shape index (κ3) is 3.91. The van der Waals surface area contributed by atoms with E-state index < -0.39 is 0 Å². The number of hydrogen-bond donors (Lipinski definition) is 2.